The molecule has 1 amide bonds. The van der Waals surface area contributed by atoms with E-state index in [1.807, 2.05) is 0 Å². The fourth-order valence-corrected chi connectivity index (χ4v) is 3.10. The highest BCUT2D eigenvalue weighted by molar-refractivity contribution is 7.91. The maximum atomic E-state index is 13.6. The molecule has 2 rings (SSSR count). The Kier molecular flexibility index (Phi) is 5.27. The van der Waals surface area contributed by atoms with E-state index in [2.05, 4.69) is 15.3 Å². The Morgan fingerprint density at radius 1 is 1.35 bits per heavy atom. The number of para-hydroxylation sites is 1. The van der Waals surface area contributed by atoms with E-state index in [0.717, 1.165) is 6.20 Å². The van der Waals surface area contributed by atoms with Crippen molar-refractivity contribution in [3.8, 4) is 0 Å². The number of amides is 1. The van der Waals surface area contributed by atoms with Gasteiger partial charge >= 0.3 is 0 Å². The maximum Gasteiger partial charge on any atom is 0.276 e. The molecule has 1 aromatic heterocycles. The van der Waals surface area contributed by atoms with Crippen LogP contribution in [0.25, 0.3) is 0 Å². The van der Waals surface area contributed by atoms with Gasteiger partial charge in [-0.1, -0.05) is 30.7 Å². The van der Waals surface area contributed by atoms with Crippen molar-refractivity contribution in [1.29, 1.82) is 0 Å². The van der Waals surface area contributed by atoms with Gasteiger partial charge < -0.3 is 5.32 Å². The molecule has 0 spiro atoms. The minimum atomic E-state index is -3.70. The fraction of sp³-hybridized carbons (Fsp3) is 0.214. The predicted molar refractivity (Wildman–Crippen MR) is 83.7 cm³/mol. The number of carbonyl (C=O) groups excluding carboxylic acids is 1. The highest BCUT2D eigenvalue weighted by atomic mass is 35.5. The first-order valence-corrected chi connectivity index (χ1v) is 8.69. The van der Waals surface area contributed by atoms with Crippen molar-refractivity contribution < 1.29 is 17.6 Å². The topological polar surface area (TPSA) is 89.0 Å². The molecule has 122 valence electrons. The second-order valence-electron chi connectivity index (χ2n) is 4.60. The number of aromatic nitrogens is 2. The molecule has 1 aromatic carbocycles. The van der Waals surface area contributed by atoms with Crippen LogP contribution in [0.3, 0.4) is 0 Å². The van der Waals surface area contributed by atoms with E-state index in [1.165, 1.54) is 24.3 Å². The number of halogens is 2. The zero-order valence-electron chi connectivity index (χ0n) is 12.1. The van der Waals surface area contributed by atoms with Crippen LogP contribution < -0.4 is 5.32 Å². The van der Waals surface area contributed by atoms with Gasteiger partial charge in [-0.3, -0.25) is 4.79 Å². The average molecular weight is 358 g/mol. The second kappa shape index (κ2) is 7.01. The van der Waals surface area contributed by atoms with Gasteiger partial charge in [-0.15, -0.1) is 0 Å². The molecular weight excluding hydrogens is 345 g/mol. The monoisotopic (exact) mass is 357 g/mol. The number of rotatable bonds is 5. The molecule has 23 heavy (non-hydrogen) atoms. The van der Waals surface area contributed by atoms with Crippen LogP contribution in [0.5, 0.6) is 0 Å². The van der Waals surface area contributed by atoms with Crippen molar-refractivity contribution in [3.05, 3.63) is 47.0 Å². The van der Waals surface area contributed by atoms with Crippen LogP contribution in [0.1, 0.15) is 23.8 Å². The van der Waals surface area contributed by atoms with E-state index in [0.29, 0.717) is 6.42 Å². The normalized spacial score (nSPS) is 11.3. The number of sulfone groups is 1. The van der Waals surface area contributed by atoms with Gasteiger partial charge in [0.15, 0.2) is 5.69 Å². The van der Waals surface area contributed by atoms with Gasteiger partial charge in [-0.05, 0) is 18.6 Å². The molecule has 6 nitrogen and oxygen atoms in total. The summed E-state index contributed by atoms with van der Waals surface area (Å²) in [5, 5.41) is 1.68. The zero-order valence-corrected chi connectivity index (χ0v) is 13.7. The van der Waals surface area contributed by atoms with Crippen LogP contribution in [-0.4, -0.2) is 30.0 Å². The van der Waals surface area contributed by atoms with Gasteiger partial charge in [0.25, 0.3) is 5.91 Å². The Balaban J connectivity index is 2.36. The van der Waals surface area contributed by atoms with Crippen molar-refractivity contribution in [2.24, 2.45) is 0 Å². The standard InChI is InChI=1S/C14H13ClFN3O3S/c1-2-7-23(21,22)14-17-8-9(15)12(19-14)13(20)18-11-6-4-3-5-10(11)16/h3-6,8H,2,7H2,1H3,(H,18,20). The summed E-state index contributed by atoms with van der Waals surface area (Å²) in [6, 6.07) is 5.54. The second-order valence-corrected chi connectivity index (χ2v) is 7.01. The summed E-state index contributed by atoms with van der Waals surface area (Å²) in [5.74, 6) is -1.61. The molecule has 0 aliphatic rings. The molecule has 0 bridgehead atoms. The molecule has 0 aliphatic carbocycles. The number of nitrogens with one attached hydrogen (secondary N) is 1. The Morgan fingerprint density at radius 3 is 2.70 bits per heavy atom. The van der Waals surface area contributed by atoms with Gasteiger partial charge in [0.05, 0.1) is 22.7 Å². The first-order chi connectivity index (χ1) is 10.8. The minimum Gasteiger partial charge on any atom is -0.318 e. The summed E-state index contributed by atoms with van der Waals surface area (Å²) >= 11 is 5.85. The molecule has 0 saturated heterocycles. The first kappa shape index (κ1) is 17.3. The highest BCUT2D eigenvalue weighted by Gasteiger charge is 2.22. The Hall–Kier alpha value is -2.06. The van der Waals surface area contributed by atoms with Gasteiger partial charge in [0, 0.05) is 0 Å². The largest absolute Gasteiger partial charge is 0.318 e. The number of carbonyl (C=O) groups is 1. The smallest absolute Gasteiger partial charge is 0.276 e. The fourth-order valence-electron chi connectivity index (χ4n) is 1.76. The van der Waals surface area contributed by atoms with Crippen LogP contribution in [0.15, 0.2) is 35.6 Å². The van der Waals surface area contributed by atoms with Crippen molar-refractivity contribution in [2.75, 3.05) is 11.1 Å². The zero-order chi connectivity index (χ0) is 17.0. The predicted octanol–water partition coefficient (Wildman–Crippen LogP) is 2.71. The molecule has 0 fully saturated rings. The summed E-state index contributed by atoms with van der Waals surface area (Å²) in [7, 11) is -3.70. The number of benzene rings is 1. The maximum absolute atomic E-state index is 13.6. The third-order valence-electron chi connectivity index (χ3n) is 2.81. The Morgan fingerprint density at radius 2 is 2.04 bits per heavy atom. The highest BCUT2D eigenvalue weighted by Crippen LogP contribution is 2.19. The van der Waals surface area contributed by atoms with Crippen molar-refractivity contribution in [2.45, 2.75) is 18.5 Å². The van der Waals surface area contributed by atoms with Gasteiger partial charge in [0.1, 0.15) is 5.82 Å². The van der Waals surface area contributed by atoms with E-state index in [-0.39, 0.29) is 22.2 Å². The van der Waals surface area contributed by atoms with E-state index < -0.39 is 26.7 Å². The molecule has 0 saturated carbocycles. The Labute approximate surface area is 137 Å². The van der Waals surface area contributed by atoms with Crippen LogP contribution in [0, 0.1) is 5.82 Å². The number of hydrogen-bond donors (Lipinski definition) is 1. The SMILES string of the molecule is CCCS(=O)(=O)c1ncc(Cl)c(C(=O)Nc2ccccc2F)n1. The van der Waals surface area contributed by atoms with Crippen molar-refractivity contribution in [3.63, 3.8) is 0 Å². The van der Waals surface area contributed by atoms with E-state index in [4.69, 9.17) is 11.6 Å². The van der Waals surface area contributed by atoms with Crippen LogP contribution in [0.2, 0.25) is 5.02 Å². The summed E-state index contributed by atoms with van der Waals surface area (Å²) in [6.45, 7) is 1.69. The average Bonchev–Trinajstić information content (AvgIpc) is 2.49. The summed E-state index contributed by atoms with van der Waals surface area (Å²) in [6.07, 6.45) is 1.42. The van der Waals surface area contributed by atoms with E-state index in [9.17, 15) is 17.6 Å². The lowest BCUT2D eigenvalue weighted by Crippen LogP contribution is -2.19. The van der Waals surface area contributed by atoms with Crippen molar-refractivity contribution in [1.82, 2.24) is 9.97 Å². The molecule has 0 radical (unpaired) electrons. The lowest BCUT2D eigenvalue weighted by atomic mass is 10.3. The third-order valence-corrected chi connectivity index (χ3v) is 4.79. The number of nitrogens with zero attached hydrogens (tertiary/aromatic N) is 2. The quantitative estimate of drug-likeness (QED) is 0.831. The molecule has 0 atom stereocenters. The Bertz CT molecular complexity index is 843. The van der Waals surface area contributed by atoms with Gasteiger partial charge in [-0.2, -0.15) is 0 Å². The molecule has 1 N–H and O–H groups in total. The van der Waals surface area contributed by atoms with Crippen LogP contribution >= 0.6 is 11.6 Å². The molecule has 0 aliphatic heterocycles. The van der Waals surface area contributed by atoms with E-state index >= 15 is 0 Å². The molecular formula is C14H13ClFN3O3S. The summed E-state index contributed by atoms with van der Waals surface area (Å²) in [4.78, 5) is 19.6. The van der Waals surface area contributed by atoms with Crippen LogP contribution in [0.4, 0.5) is 10.1 Å². The summed E-state index contributed by atoms with van der Waals surface area (Å²) in [5.41, 5.74) is -0.398. The summed E-state index contributed by atoms with van der Waals surface area (Å²) < 4.78 is 37.5. The molecule has 9 heteroatoms. The molecule has 1 heterocycles. The van der Waals surface area contributed by atoms with Crippen LogP contribution in [-0.2, 0) is 9.84 Å². The number of hydrogen-bond acceptors (Lipinski definition) is 5. The van der Waals surface area contributed by atoms with E-state index in [1.54, 1.807) is 6.92 Å². The third kappa shape index (κ3) is 4.02. The molecule has 0 unspecified atom stereocenters. The van der Waals surface area contributed by atoms with Gasteiger partial charge in [0.2, 0.25) is 15.0 Å². The van der Waals surface area contributed by atoms with Gasteiger partial charge in [-0.25, -0.2) is 22.8 Å². The lowest BCUT2D eigenvalue weighted by Gasteiger charge is -2.08. The first-order valence-electron chi connectivity index (χ1n) is 6.66. The van der Waals surface area contributed by atoms with Crippen molar-refractivity contribution >= 4 is 33.0 Å². The minimum absolute atomic E-state index is 0.0647. The number of anilines is 1. The lowest BCUT2D eigenvalue weighted by molar-refractivity contribution is 0.102. The molecule has 2 aromatic rings.